The Hall–Kier alpha value is -2.93. The number of amides is 3. The fourth-order valence-corrected chi connectivity index (χ4v) is 3.42. The lowest BCUT2D eigenvalue weighted by atomic mass is 10.2. The maximum atomic E-state index is 12.8. The van der Waals surface area contributed by atoms with Gasteiger partial charge in [-0.1, -0.05) is 29.8 Å². The summed E-state index contributed by atoms with van der Waals surface area (Å²) in [5, 5.41) is 5.66. The van der Waals surface area contributed by atoms with Gasteiger partial charge in [-0.25, -0.2) is 4.79 Å². The van der Waals surface area contributed by atoms with Crippen molar-refractivity contribution in [3.63, 3.8) is 0 Å². The van der Waals surface area contributed by atoms with Gasteiger partial charge >= 0.3 is 6.03 Å². The highest BCUT2D eigenvalue weighted by Gasteiger charge is 2.28. The zero-order valence-corrected chi connectivity index (χ0v) is 16.7. The van der Waals surface area contributed by atoms with E-state index in [4.69, 9.17) is 21.1 Å². The van der Waals surface area contributed by atoms with Crippen LogP contribution in [0.2, 0.25) is 5.02 Å². The van der Waals surface area contributed by atoms with Crippen LogP contribution in [0.4, 0.5) is 16.2 Å². The van der Waals surface area contributed by atoms with Crippen molar-refractivity contribution in [2.45, 2.75) is 19.4 Å². The predicted molar refractivity (Wildman–Crippen MR) is 109 cm³/mol. The third kappa shape index (κ3) is 3.99. The number of rotatable bonds is 5. The van der Waals surface area contributed by atoms with Crippen molar-refractivity contribution in [2.24, 2.45) is 0 Å². The van der Waals surface area contributed by atoms with E-state index in [-0.39, 0.29) is 5.91 Å². The second kappa shape index (κ2) is 8.39. The van der Waals surface area contributed by atoms with Gasteiger partial charge in [-0.15, -0.1) is 0 Å². The molecule has 0 aromatic heterocycles. The number of hydrogen-bond donors (Lipinski definition) is 2. The van der Waals surface area contributed by atoms with Crippen molar-refractivity contribution >= 4 is 34.9 Å². The van der Waals surface area contributed by atoms with E-state index in [0.717, 1.165) is 17.7 Å². The molecule has 3 rings (SSSR count). The van der Waals surface area contributed by atoms with E-state index in [1.807, 2.05) is 24.3 Å². The molecule has 2 N–H and O–H groups in total. The maximum Gasteiger partial charge on any atom is 0.319 e. The molecule has 1 heterocycles. The molecule has 1 unspecified atom stereocenters. The summed E-state index contributed by atoms with van der Waals surface area (Å²) in [6.45, 7) is 2.26. The topological polar surface area (TPSA) is 79.9 Å². The van der Waals surface area contributed by atoms with E-state index in [1.165, 1.54) is 20.3 Å². The van der Waals surface area contributed by atoms with Crippen LogP contribution in [0.3, 0.4) is 0 Å². The maximum absolute atomic E-state index is 12.8. The van der Waals surface area contributed by atoms with Gasteiger partial charge in [-0.2, -0.15) is 0 Å². The smallest absolute Gasteiger partial charge is 0.319 e. The average Bonchev–Trinajstić information content (AvgIpc) is 3.11. The first-order chi connectivity index (χ1) is 13.4. The monoisotopic (exact) mass is 403 g/mol. The Morgan fingerprint density at radius 1 is 1.14 bits per heavy atom. The van der Waals surface area contributed by atoms with E-state index in [0.29, 0.717) is 28.8 Å². The molecule has 28 heavy (non-hydrogen) atoms. The first-order valence-corrected chi connectivity index (χ1v) is 9.20. The van der Waals surface area contributed by atoms with Crippen LogP contribution in [0.25, 0.3) is 0 Å². The Morgan fingerprint density at radius 2 is 1.86 bits per heavy atom. The van der Waals surface area contributed by atoms with Crippen LogP contribution in [-0.4, -0.2) is 38.7 Å². The summed E-state index contributed by atoms with van der Waals surface area (Å²) >= 11 is 6.12. The first kappa shape index (κ1) is 19.8. The molecule has 0 bridgehead atoms. The molecule has 0 saturated heterocycles. The predicted octanol–water partition coefficient (Wildman–Crippen LogP) is 3.46. The highest BCUT2D eigenvalue weighted by atomic mass is 35.5. The molecule has 1 aliphatic heterocycles. The molecule has 0 aliphatic carbocycles. The van der Waals surface area contributed by atoms with Crippen LogP contribution in [-0.2, 0) is 11.2 Å². The molecule has 0 saturated carbocycles. The molecular formula is C20H22ClN3O4. The molecule has 3 amide bonds. The van der Waals surface area contributed by atoms with Crippen LogP contribution in [0.5, 0.6) is 11.5 Å². The second-order valence-corrected chi connectivity index (χ2v) is 6.78. The van der Waals surface area contributed by atoms with E-state index in [2.05, 4.69) is 10.6 Å². The molecule has 0 fully saturated rings. The number of carbonyl (C=O) groups is 2. The Balaban J connectivity index is 1.67. The fraction of sp³-hybridized carbons (Fsp3) is 0.300. The molecule has 148 valence electrons. The number of carbonyl (C=O) groups excluding carboxylic acids is 2. The van der Waals surface area contributed by atoms with Crippen LogP contribution in [0.1, 0.15) is 12.5 Å². The number of urea groups is 1. The minimum atomic E-state index is -0.703. The van der Waals surface area contributed by atoms with Crippen molar-refractivity contribution in [3.05, 3.63) is 47.0 Å². The van der Waals surface area contributed by atoms with Gasteiger partial charge in [0, 0.05) is 18.3 Å². The molecule has 1 aliphatic rings. The van der Waals surface area contributed by atoms with Gasteiger partial charge in [0.2, 0.25) is 5.91 Å². The van der Waals surface area contributed by atoms with Gasteiger partial charge in [0.1, 0.15) is 17.5 Å². The minimum Gasteiger partial charge on any atom is -0.495 e. The Bertz CT molecular complexity index is 903. The summed E-state index contributed by atoms with van der Waals surface area (Å²) in [4.78, 5) is 26.9. The number of hydrogen-bond acceptors (Lipinski definition) is 4. The largest absolute Gasteiger partial charge is 0.495 e. The van der Waals surface area contributed by atoms with Gasteiger partial charge in [0.05, 0.1) is 24.9 Å². The molecule has 7 nitrogen and oxygen atoms in total. The van der Waals surface area contributed by atoms with Crippen LogP contribution in [0, 0.1) is 0 Å². The third-order valence-electron chi connectivity index (χ3n) is 4.59. The van der Waals surface area contributed by atoms with Crippen molar-refractivity contribution in [2.75, 3.05) is 31.0 Å². The Kier molecular flexibility index (Phi) is 5.94. The van der Waals surface area contributed by atoms with Gasteiger partial charge in [0.15, 0.2) is 0 Å². The van der Waals surface area contributed by atoms with Crippen molar-refractivity contribution in [1.29, 1.82) is 0 Å². The molecule has 8 heteroatoms. The number of nitrogens with zero attached hydrogens (tertiary/aromatic N) is 1. The van der Waals surface area contributed by atoms with Crippen LogP contribution in [0.15, 0.2) is 36.4 Å². The zero-order chi connectivity index (χ0) is 20.3. The number of fused-ring (bicyclic) bond motifs is 1. The Morgan fingerprint density at radius 3 is 2.57 bits per heavy atom. The molecule has 1 atom stereocenters. The summed E-state index contributed by atoms with van der Waals surface area (Å²) < 4.78 is 10.4. The number of ether oxygens (including phenoxy) is 2. The summed E-state index contributed by atoms with van der Waals surface area (Å²) in [5.74, 6) is 0.657. The van der Waals surface area contributed by atoms with Crippen molar-refractivity contribution in [3.8, 4) is 11.5 Å². The van der Waals surface area contributed by atoms with Crippen molar-refractivity contribution in [1.82, 2.24) is 5.32 Å². The van der Waals surface area contributed by atoms with Crippen molar-refractivity contribution < 1.29 is 19.1 Å². The van der Waals surface area contributed by atoms with Gasteiger partial charge < -0.3 is 25.0 Å². The number of para-hydroxylation sites is 1. The standard InChI is InChI=1S/C20H22ClN3O4/c1-12(19(25)24-9-8-13-6-4-5-7-16(13)24)22-20(26)23-15-10-14(21)17(27-2)11-18(15)28-3/h4-7,10-12H,8-9H2,1-3H3,(H2,22,23,26). The van der Waals surface area contributed by atoms with E-state index >= 15 is 0 Å². The zero-order valence-electron chi connectivity index (χ0n) is 15.9. The van der Waals surface area contributed by atoms with E-state index < -0.39 is 12.1 Å². The van der Waals surface area contributed by atoms with Gasteiger partial charge in [-0.05, 0) is 31.0 Å². The number of anilines is 2. The summed E-state index contributed by atoms with van der Waals surface area (Å²) in [6, 6.07) is 9.64. The number of benzene rings is 2. The molecule has 2 aromatic rings. The lowest BCUT2D eigenvalue weighted by Crippen LogP contribution is -2.47. The highest BCUT2D eigenvalue weighted by Crippen LogP contribution is 2.35. The quantitative estimate of drug-likeness (QED) is 0.801. The number of methoxy groups -OCH3 is 2. The summed E-state index contributed by atoms with van der Waals surface area (Å²) in [5.41, 5.74) is 2.40. The lowest BCUT2D eigenvalue weighted by Gasteiger charge is -2.22. The summed E-state index contributed by atoms with van der Waals surface area (Å²) in [7, 11) is 2.97. The van der Waals surface area contributed by atoms with E-state index in [9.17, 15) is 9.59 Å². The lowest BCUT2D eigenvalue weighted by molar-refractivity contribution is -0.119. The second-order valence-electron chi connectivity index (χ2n) is 6.38. The normalized spacial score (nSPS) is 13.5. The number of nitrogens with one attached hydrogen (secondary N) is 2. The molecule has 2 aromatic carbocycles. The van der Waals surface area contributed by atoms with Gasteiger partial charge in [-0.3, -0.25) is 4.79 Å². The SMILES string of the molecule is COc1cc(OC)c(NC(=O)NC(C)C(=O)N2CCc3ccccc32)cc1Cl. The molecular weight excluding hydrogens is 382 g/mol. The summed E-state index contributed by atoms with van der Waals surface area (Å²) in [6.07, 6.45) is 0.808. The fourth-order valence-electron chi connectivity index (χ4n) is 3.18. The number of halogens is 1. The van der Waals surface area contributed by atoms with Gasteiger partial charge in [0.25, 0.3) is 0 Å². The Labute approximate surface area is 168 Å². The third-order valence-corrected chi connectivity index (χ3v) is 4.89. The van der Waals surface area contributed by atoms with Crippen LogP contribution >= 0.6 is 11.6 Å². The molecule has 0 radical (unpaired) electrons. The first-order valence-electron chi connectivity index (χ1n) is 8.83. The average molecular weight is 404 g/mol. The van der Waals surface area contributed by atoms with Crippen LogP contribution < -0.4 is 25.0 Å². The van der Waals surface area contributed by atoms with E-state index in [1.54, 1.807) is 17.9 Å². The highest BCUT2D eigenvalue weighted by molar-refractivity contribution is 6.32. The molecule has 0 spiro atoms. The minimum absolute atomic E-state index is 0.167.